The first-order valence-electron chi connectivity index (χ1n) is 5.86. The van der Waals surface area contributed by atoms with Crippen molar-refractivity contribution in [3.05, 3.63) is 28.8 Å². The Bertz CT molecular complexity index is 536. The van der Waals surface area contributed by atoms with Gasteiger partial charge in [0, 0.05) is 33.9 Å². The van der Waals surface area contributed by atoms with Gasteiger partial charge in [-0.3, -0.25) is 4.21 Å². The Morgan fingerprint density at radius 2 is 2.10 bits per heavy atom. The van der Waals surface area contributed by atoms with Gasteiger partial charge in [0.05, 0.1) is 11.3 Å². The molecule has 0 heterocycles. The maximum Gasteiger partial charge on any atom is 0.337 e. The highest BCUT2D eigenvalue weighted by atomic mass is 35.5. The van der Waals surface area contributed by atoms with E-state index in [4.69, 9.17) is 16.7 Å². The molecule has 3 N–H and O–H groups in total. The lowest BCUT2D eigenvalue weighted by molar-refractivity contribution is 0.0698. The molecule has 0 saturated carbocycles. The molecule has 6 nitrogen and oxygen atoms in total. The first kappa shape index (κ1) is 16.5. The number of carbonyl (C=O) groups is 2. The van der Waals surface area contributed by atoms with Crippen molar-refractivity contribution >= 4 is 40.1 Å². The molecule has 1 atom stereocenters. The minimum absolute atomic E-state index is 0.0928. The van der Waals surface area contributed by atoms with E-state index >= 15 is 0 Å². The van der Waals surface area contributed by atoms with Crippen LogP contribution in [0.4, 0.5) is 10.5 Å². The predicted octanol–water partition coefficient (Wildman–Crippen LogP) is 1.93. The molecule has 0 fully saturated rings. The number of nitrogens with one attached hydrogen (secondary N) is 2. The monoisotopic (exact) mass is 318 g/mol. The summed E-state index contributed by atoms with van der Waals surface area (Å²) >= 11 is 5.71. The summed E-state index contributed by atoms with van der Waals surface area (Å²) in [6, 6.07) is 3.60. The molecular formula is C12H15ClN2O4S. The van der Waals surface area contributed by atoms with Crippen molar-refractivity contribution in [3.63, 3.8) is 0 Å². The lowest BCUT2D eigenvalue weighted by atomic mass is 10.2. The number of halogens is 1. The van der Waals surface area contributed by atoms with Gasteiger partial charge >= 0.3 is 12.0 Å². The largest absolute Gasteiger partial charge is 0.478 e. The SMILES string of the molecule is CCS(=O)CCNC(=O)Nc1ccc(Cl)cc1C(=O)O. The zero-order valence-electron chi connectivity index (χ0n) is 10.8. The van der Waals surface area contributed by atoms with Crippen LogP contribution in [0.2, 0.25) is 5.02 Å². The van der Waals surface area contributed by atoms with Crippen LogP contribution in [0, 0.1) is 0 Å². The molecule has 0 aliphatic rings. The topological polar surface area (TPSA) is 95.5 Å². The normalized spacial score (nSPS) is 11.7. The molecule has 0 aliphatic heterocycles. The Labute approximate surface area is 124 Å². The van der Waals surface area contributed by atoms with Crippen LogP contribution in [0.25, 0.3) is 0 Å². The van der Waals surface area contributed by atoms with Crippen molar-refractivity contribution in [2.75, 3.05) is 23.4 Å². The first-order chi connectivity index (χ1) is 9.43. The fourth-order valence-electron chi connectivity index (χ4n) is 1.39. The fourth-order valence-corrected chi connectivity index (χ4v) is 2.18. The molecule has 1 aromatic carbocycles. The number of hydrogen-bond acceptors (Lipinski definition) is 3. The van der Waals surface area contributed by atoms with Gasteiger partial charge in [-0.1, -0.05) is 18.5 Å². The zero-order chi connectivity index (χ0) is 15.1. The number of carbonyl (C=O) groups excluding carboxylic acids is 1. The average Bonchev–Trinajstić information content (AvgIpc) is 2.40. The van der Waals surface area contributed by atoms with E-state index in [0.29, 0.717) is 11.5 Å². The molecule has 0 aromatic heterocycles. The number of hydrogen-bond donors (Lipinski definition) is 3. The molecular weight excluding hydrogens is 304 g/mol. The van der Waals surface area contributed by atoms with Gasteiger partial charge in [0.25, 0.3) is 0 Å². The van der Waals surface area contributed by atoms with Gasteiger partial charge in [-0.15, -0.1) is 0 Å². The van der Waals surface area contributed by atoms with Crippen LogP contribution in [0.1, 0.15) is 17.3 Å². The average molecular weight is 319 g/mol. The van der Waals surface area contributed by atoms with Gasteiger partial charge in [-0.05, 0) is 18.2 Å². The maximum atomic E-state index is 11.6. The number of rotatable bonds is 6. The lowest BCUT2D eigenvalue weighted by Gasteiger charge is -2.10. The molecule has 0 radical (unpaired) electrons. The number of amides is 2. The Morgan fingerprint density at radius 1 is 1.40 bits per heavy atom. The summed E-state index contributed by atoms with van der Waals surface area (Å²) in [6.07, 6.45) is 0. The minimum Gasteiger partial charge on any atom is -0.478 e. The third-order valence-corrected chi connectivity index (χ3v) is 3.94. The Kier molecular flexibility index (Phi) is 6.47. The van der Waals surface area contributed by atoms with E-state index in [1.165, 1.54) is 18.2 Å². The Hall–Kier alpha value is -1.60. The third kappa shape index (κ3) is 5.18. The highest BCUT2D eigenvalue weighted by molar-refractivity contribution is 7.84. The number of carboxylic acids is 1. The predicted molar refractivity (Wildman–Crippen MR) is 79.0 cm³/mol. The van der Waals surface area contributed by atoms with Crippen LogP contribution in [0.5, 0.6) is 0 Å². The Balaban J connectivity index is 2.62. The highest BCUT2D eigenvalue weighted by Crippen LogP contribution is 2.20. The number of benzene rings is 1. The van der Waals surface area contributed by atoms with E-state index in [2.05, 4.69) is 10.6 Å². The van der Waals surface area contributed by atoms with Crippen LogP contribution >= 0.6 is 11.6 Å². The molecule has 1 aromatic rings. The second-order valence-electron chi connectivity index (χ2n) is 3.81. The van der Waals surface area contributed by atoms with Crippen molar-refractivity contribution in [2.24, 2.45) is 0 Å². The highest BCUT2D eigenvalue weighted by Gasteiger charge is 2.13. The molecule has 0 spiro atoms. The minimum atomic E-state index is -1.19. The second-order valence-corrected chi connectivity index (χ2v) is 6.11. The van der Waals surface area contributed by atoms with Crippen LogP contribution in [0.3, 0.4) is 0 Å². The van der Waals surface area contributed by atoms with E-state index in [9.17, 15) is 13.8 Å². The smallest absolute Gasteiger partial charge is 0.337 e. The Morgan fingerprint density at radius 3 is 2.70 bits per heavy atom. The quantitative estimate of drug-likeness (QED) is 0.746. The third-order valence-electron chi connectivity index (χ3n) is 2.40. The molecule has 20 heavy (non-hydrogen) atoms. The number of carboxylic acid groups (broad SMARTS) is 1. The van der Waals surface area contributed by atoms with Crippen molar-refractivity contribution < 1.29 is 18.9 Å². The van der Waals surface area contributed by atoms with Crippen molar-refractivity contribution in [3.8, 4) is 0 Å². The molecule has 8 heteroatoms. The summed E-state index contributed by atoms with van der Waals surface area (Å²) in [4.78, 5) is 22.6. The van der Waals surface area contributed by atoms with Crippen LogP contribution in [0.15, 0.2) is 18.2 Å². The molecule has 0 aliphatic carbocycles. The molecule has 1 unspecified atom stereocenters. The number of urea groups is 1. The number of anilines is 1. The summed E-state index contributed by atoms with van der Waals surface area (Å²) in [7, 11) is -0.959. The van der Waals surface area contributed by atoms with Gasteiger partial charge < -0.3 is 15.7 Å². The molecule has 0 saturated heterocycles. The fraction of sp³-hybridized carbons (Fsp3) is 0.333. The summed E-state index contributed by atoms with van der Waals surface area (Å²) in [5, 5.41) is 14.2. The van der Waals surface area contributed by atoms with Crippen LogP contribution < -0.4 is 10.6 Å². The van der Waals surface area contributed by atoms with Gasteiger partial charge in [-0.25, -0.2) is 9.59 Å². The van der Waals surface area contributed by atoms with Gasteiger partial charge in [-0.2, -0.15) is 0 Å². The standard InChI is InChI=1S/C12H15ClN2O4S/c1-2-20(19)6-5-14-12(18)15-10-4-3-8(13)7-9(10)11(16)17/h3-4,7H,2,5-6H2,1H3,(H,16,17)(H2,14,15,18). The van der Waals surface area contributed by atoms with Gasteiger partial charge in [0.15, 0.2) is 0 Å². The lowest BCUT2D eigenvalue weighted by Crippen LogP contribution is -2.32. The molecule has 0 bridgehead atoms. The van der Waals surface area contributed by atoms with Crippen molar-refractivity contribution in [1.82, 2.24) is 5.32 Å². The summed E-state index contributed by atoms with van der Waals surface area (Å²) in [5.74, 6) is -0.296. The summed E-state index contributed by atoms with van der Waals surface area (Å²) in [6.45, 7) is 2.05. The van der Waals surface area contributed by atoms with Crippen LogP contribution in [-0.4, -0.2) is 39.4 Å². The molecule has 1 rings (SSSR count). The zero-order valence-corrected chi connectivity index (χ0v) is 12.4. The summed E-state index contributed by atoms with van der Waals surface area (Å²) in [5.41, 5.74) is 0.0563. The van der Waals surface area contributed by atoms with Gasteiger partial charge in [0.1, 0.15) is 0 Å². The van der Waals surface area contributed by atoms with Crippen molar-refractivity contribution in [1.29, 1.82) is 0 Å². The maximum absolute atomic E-state index is 11.6. The second kappa shape index (κ2) is 7.86. The molecule has 2 amide bonds. The number of aromatic carboxylic acids is 1. The van der Waals surface area contributed by atoms with E-state index in [1.807, 2.05) is 0 Å². The summed E-state index contributed by atoms with van der Waals surface area (Å²) < 4.78 is 11.2. The first-order valence-corrected chi connectivity index (χ1v) is 7.73. The van der Waals surface area contributed by atoms with E-state index in [0.717, 1.165) is 0 Å². The van der Waals surface area contributed by atoms with Crippen molar-refractivity contribution in [2.45, 2.75) is 6.92 Å². The molecule has 110 valence electrons. The van der Waals surface area contributed by atoms with E-state index < -0.39 is 22.8 Å². The van der Waals surface area contributed by atoms with E-state index in [-0.39, 0.29) is 22.8 Å². The van der Waals surface area contributed by atoms with E-state index in [1.54, 1.807) is 6.92 Å². The van der Waals surface area contributed by atoms with Crippen LogP contribution in [-0.2, 0) is 10.8 Å². The van der Waals surface area contributed by atoms with Gasteiger partial charge in [0.2, 0.25) is 0 Å².